The molecule has 0 aromatic heterocycles. The lowest BCUT2D eigenvalue weighted by molar-refractivity contribution is -0.123. The Morgan fingerprint density at radius 2 is 1.72 bits per heavy atom. The molecule has 0 aliphatic carbocycles. The van der Waals surface area contributed by atoms with Crippen LogP contribution >= 0.6 is 39.1 Å². The number of hydrogen-bond acceptors (Lipinski definition) is 2. The second-order valence-corrected chi connectivity index (χ2v) is 7.98. The summed E-state index contributed by atoms with van der Waals surface area (Å²) in [5.41, 5.74) is 0.334. The number of anilines is 1. The second kappa shape index (κ2) is 6.63. The van der Waals surface area contributed by atoms with Crippen LogP contribution in [-0.4, -0.2) is 29.4 Å². The molecule has 4 nitrogen and oxygen atoms in total. The summed E-state index contributed by atoms with van der Waals surface area (Å²) in [6.07, 6.45) is 0.401. The van der Waals surface area contributed by atoms with Gasteiger partial charge in [0.1, 0.15) is 5.54 Å². The number of halogens is 3. The van der Waals surface area contributed by atoms with Gasteiger partial charge < -0.3 is 4.90 Å². The standard InChI is InChI=1S/C18H15BrCl2N2O2/c1-18(10-11-4-3-5-12(19)6-11)16(24)23(17(25)22(18)2)15-8-13(20)7-14(21)9-15/h3-9H,10H2,1-2H3. The van der Waals surface area contributed by atoms with Crippen molar-refractivity contribution in [2.45, 2.75) is 18.9 Å². The van der Waals surface area contributed by atoms with Gasteiger partial charge in [-0.05, 0) is 42.8 Å². The number of carbonyl (C=O) groups excluding carboxylic acids is 2. The Labute approximate surface area is 164 Å². The van der Waals surface area contributed by atoms with Crippen LogP contribution in [-0.2, 0) is 11.2 Å². The van der Waals surface area contributed by atoms with E-state index in [1.807, 2.05) is 24.3 Å². The molecule has 0 radical (unpaired) electrons. The van der Waals surface area contributed by atoms with Crippen molar-refractivity contribution < 1.29 is 9.59 Å². The van der Waals surface area contributed by atoms with Crippen LogP contribution in [0, 0.1) is 0 Å². The van der Waals surface area contributed by atoms with Crippen molar-refractivity contribution in [3.05, 3.63) is 62.5 Å². The molecule has 7 heteroatoms. The zero-order chi connectivity index (χ0) is 18.4. The van der Waals surface area contributed by atoms with Crippen molar-refractivity contribution in [2.24, 2.45) is 0 Å². The zero-order valence-corrected chi connectivity index (χ0v) is 16.7. The Bertz CT molecular complexity index is 854. The Morgan fingerprint density at radius 3 is 2.32 bits per heavy atom. The molecule has 25 heavy (non-hydrogen) atoms. The van der Waals surface area contributed by atoms with Crippen LogP contribution in [0.25, 0.3) is 0 Å². The maximum Gasteiger partial charge on any atom is 0.332 e. The van der Waals surface area contributed by atoms with Crippen molar-refractivity contribution in [1.29, 1.82) is 0 Å². The van der Waals surface area contributed by atoms with Gasteiger partial charge in [0.15, 0.2) is 0 Å². The minimum Gasteiger partial charge on any atom is -0.312 e. The Morgan fingerprint density at radius 1 is 1.08 bits per heavy atom. The molecule has 130 valence electrons. The van der Waals surface area contributed by atoms with Gasteiger partial charge in [-0.1, -0.05) is 51.3 Å². The fourth-order valence-corrected chi connectivity index (χ4v) is 3.93. The predicted octanol–water partition coefficient (Wildman–Crippen LogP) is 5.16. The van der Waals surface area contributed by atoms with Crippen LogP contribution in [0.1, 0.15) is 12.5 Å². The number of amides is 3. The summed E-state index contributed by atoms with van der Waals surface area (Å²) in [5.74, 6) is -0.307. The van der Waals surface area contributed by atoms with Crippen molar-refractivity contribution in [3.63, 3.8) is 0 Å². The van der Waals surface area contributed by atoms with Gasteiger partial charge in [0.25, 0.3) is 5.91 Å². The first-order valence-electron chi connectivity index (χ1n) is 7.55. The van der Waals surface area contributed by atoms with E-state index in [0.717, 1.165) is 14.9 Å². The third kappa shape index (κ3) is 3.28. The highest BCUT2D eigenvalue weighted by Crippen LogP contribution is 2.36. The average Bonchev–Trinajstić information content (AvgIpc) is 2.68. The lowest BCUT2D eigenvalue weighted by atomic mass is 9.91. The molecule has 1 aliphatic heterocycles. The van der Waals surface area contributed by atoms with Gasteiger partial charge in [0.05, 0.1) is 5.69 Å². The largest absolute Gasteiger partial charge is 0.332 e. The van der Waals surface area contributed by atoms with Crippen molar-refractivity contribution in [3.8, 4) is 0 Å². The number of rotatable bonds is 3. The maximum absolute atomic E-state index is 13.1. The zero-order valence-electron chi connectivity index (χ0n) is 13.6. The molecule has 3 amide bonds. The lowest BCUT2D eigenvalue weighted by Gasteiger charge is -2.28. The number of hydrogen-bond donors (Lipinski definition) is 0. The molecule has 1 heterocycles. The smallest absolute Gasteiger partial charge is 0.312 e. The van der Waals surface area contributed by atoms with Crippen molar-refractivity contribution >= 4 is 56.8 Å². The van der Waals surface area contributed by atoms with E-state index >= 15 is 0 Å². The van der Waals surface area contributed by atoms with Crippen LogP contribution in [0.5, 0.6) is 0 Å². The Balaban J connectivity index is 1.99. The molecule has 0 bridgehead atoms. The van der Waals surface area contributed by atoms with E-state index in [9.17, 15) is 9.59 Å². The number of nitrogens with zero attached hydrogens (tertiary/aromatic N) is 2. The van der Waals surface area contributed by atoms with E-state index in [1.165, 1.54) is 4.90 Å². The highest BCUT2D eigenvalue weighted by molar-refractivity contribution is 9.10. The molecular weight excluding hydrogens is 427 g/mol. The van der Waals surface area contributed by atoms with Crippen LogP contribution in [0.15, 0.2) is 46.9 Å². The Kier molecular flexibility index (Phi) is 4.84. The van der Waals surface area contributed by atoms with Crippen LogP contribution in [0.4, 0.5) is 10.5 Å². The summed E-state index contributed by atoms with van der Waals surface area (Å²) < 4.78 is 0.923. The summed E-state index contributed by atoms with van der Waals surface area (Å²) in [6.45, 7) is 1.76. The quantitative estimate of drug-likeness (QED) is 0.617. The van der Waals surface area contributed by atoms with Crippen LogP contribution in [0.3, 0.4) is 0 Å². The number of imide groups is 1. The van der Waals surface area contributed by atoms with Crippen LogP contribution < -0.4 is 4.90 Å². The molecule has 1 saturated heterocycles. The van der Waals surface area contributed by atoms with Crippen molar-refractivity contribution in [1.82, 2.24) is 4.90 Å². The second-order valence-electron chi connectivity index (χ2n) is 6.19. The number of urea groups is 1. The third-order valence-electron chi connectivity index (χ3n) is 4.43. The molecule has 1 unspecified atom stereocenters. The summed E-state index contributed by atoms with van der Waals surface area (Å²) >= 11 is 15.5. The van der Waals surface area contributed by atoms with E-state index in [4.69, 9.17) is 23.2 Å². The van der Waals surface area contributed by atoms with Gasteiger partial charge in [-0.25, -0.2) is 9.69 Å². The minimum absolute atomic E-state index is 0.307. The van der Waals surface area contributed by atoms with Gasteiger partial charge in [0, 0.05) is 28.0 Å². The van der Waals surface area contributed by atoms with Crippen LogP contribution in [0.2, 0.25) is 10.0 Å². The minimum atomic E-state index is -0.993. The summed E-state index contributed by atoms with van der Waals surface area (Å²) in [5, 5.41) is 0.734. The van der Waals surface area contributed by atoms with Gasteiger partial charge >= 0.3 is 6.03 Å². The third-order valence-corrected chi connectivity index (χ3v) is 5.35. The predicted molar refractivity (Wildman–Crippen MR) is 103 cm³/mol. The first kappa shape index (κ1) is 18.2. The molecule has 1 atom stereocenters. The molecular formula is C18H15BrCl2N2O2. The SMILES string of the molecule is CN1C(=O)N(c2cc(Cl)cc(Cl)c2)C(=O)C1(C)Cc1cccc(Br)c1. The Hall–Kier alpha value is -1.56. The monoisotopic (exact) mass is 440 g/mol. The number of benzene rings is 2. The van der Waals surface area contributed by atoms with E-state index in [1.54, 1.807) is 32.2 Å². The first-order valence-corrected chi connectivity index (χ1v) is 9.10. The normalized spacial score (nSPS) is 20.5. The molecule has 0 N–H and O–H groups in total. The van der Waals surface area contributed by atoms with E-state index in [2.05, 4.69) is 15.9 Å². The first-order chi connectivity index (χ1) is 11.7. The van der Waals surface area contributed by atoms with Gasteiger partial charge in [-0.15, -0.1) is 0 Å². The molecule has 0 spiro atoms. The molecule has 3 rings (SSSR count). The topological polar surface area (TPSA) is 40.6 Å². The molecule has 1 fully saturated rings. The van der Waals surface area contributed by atoms with Gasteiger partial charge in [-0.3, -0.25) is 4.79 Å². The van der Waals surface area contributed by atoms with E-state index < -0.39 is 11.6 Å². The molecule has 1 aliphatic rings. The van der Waals surface area contributed by atoms with Gasteiger partial charge in [-0.2, -0.15) is 0 Å². The lowest BCUT2D eigenvalue weighted by Crippen LogP contribution is -2.47. The van der Waals surface area contributed by atoms with Crippen molar-refractivity contribution in [2.75, 3.05) is 11.9 Å². The summed E-state index contributed by atoms with van der Waals surface area (Å²) in [4.78, 5) is 28.5. The summed E-state index contributed by atoms with van der Waals surface area (Å²) in [7, 11) is 1.63. The molecule has 2 aromatic carbocycles. The fraction of sp³-hybridized carbons (Fsp3) is 0.222. The highest BCUT2D eigenvalue weighted by Gasteiger charge is 2.53. The maximum atomic E-state index is 13.1. The summed E-state index contributed by atoms with van der Waals surface area (Å²) in [6, 6.07) is 12.0. The highest BCUT2D eigenvalue weighted by atomic mass is 79.9. The van der Waals surface area contributed by atoms with E-state index in [0.29, 0.717) is 22.2 Å². The molecule has 2 aromatic rings. The van der Waals surface area contributed by atoms with Gasteiger partial charge in [0.2, 0.25) is 0 Å². The number of carbonyl (C=O) groups is 2. The average molecular weight is 442 g/mol. The molecule has 0 saturated carbocycles. The number of likely N-dealkylation sites (N-methyl/N-ethyl adjacent to an activating group) is 1. The fourth-order valence-electron chi connectivity index (χ4n) is 2.97. The van der Waals surface area contributed by atoms with E-state index in [-0.39, 0.29) is 5.91 Å².